The van der Waals surface area contributed by atoms with Gasteiger partial charge < -0.3 is 14.2 Å². The second kappa shape index (κ2) is 7.27. The Balaban J connectivity index is 2.04. The first-order valence-corrected chi connectivity index (χ1v) is 5.13. The van der Waals surface area contributed by atoms with Crippen molar-refractivity contribution in [3.05, 3.63) is 0 Å². The first-order chi connectivity index (χ1) is 7.33. The van der Waals surface area contributed by atoms with Gasteiger partial charge in [-0.15, -0.1) is 0 Å². The van der Waals surface area contributed by atoms with Crippen molar-refractivity contribution in [2.75, 3.05) is 20.3 Å². The van der Waals surface area contributed by atoms with Crippen LogP contribution in [0.2, 0.25) is 0 Å². The third-order valence-electron chi connectivity index (χ3n) is 2.04. The summed E-state index contributed by atoms with van der Waals surface area (Å²) in [7, 11) is 1.31. The average Bonchev–Trinajstić information content (AvgIpc) is 2.29. The van der Waals surface area contributed by atoms with Crippen LogP contribution in [0, 0.1) is 11.8 Å². The molecule has 4 heteroatoms. The molecule has 0 aromatic rings. The second-order valence-electron chi connectivity index (χ2n) is 3.21. The molecule has 4 nitrogen and oxygen atoms in total. The van der Waals surface area contributed by atoms with E-state index in [-0.39, 0.29) is 6.29 Å². The Morgan fingerprint density at radius 1 is 1.53 bits per heavy atom. The van der Waals surface area contributed by atoms with Crippen LogP contribution in [-0.2, 0) is 19.0 Å². The number of rotatable bonds is 3. The standard InChI is InChI=1S/C11H16O4/c1-13-10(12)6-2-4-8-14-11-7-3-5-9-15-11/h11H,3-5,7-9H2,1H3. The maximum atomic E-state index is 10.6. The van der Waals surface area contributed by atoms with Crippen LogP contribution >= 0.6 is 0 Å². The van der Waals surface area contributed by atoms with E-state index in [0.717, 1.165) is 25.9 Å². The van der Waals surface area contributed by atoms with E-state index >= 15 is 0 Å². The van der Waals surface area contributed by atoms with Crippen LogP contribution in [-0.4, -0.2) is 32.6 Å². The molecule has 1 saturated heterocycles. The molecule has 0 bridgehead atoms. The molecule has 15 heavy (non-hydrogen) atoms. The molecule has 1 atom stereocenters. The molecule has 0 aromatic carbocycles. The molecule has 1 rings (SSSR count). The molecule has 1 aliphatic rings. The lowest BCUT2D eigenvalue weighted by atomic mass is 10.2. The summed E-state index contributed by atoms with van der Waals surface area (Å²) in [5.74, 6) is 4.50. The SMILES string of the molecule is COC(=O)C#CCCOC1CCCCO1. The van der Waals surface area contributed by atoms with Crippen LogP contribution < -0.4 is 0 Å². The lowest BCUT2D eigenvalue weighted by molar-refractivity contribution is -0.161. The lowest BCUT2D eigenvalue weighted by Crippen LogP contribution is -2.22. The number of methoxy groups -OCH3 is 1. The molecule has 0 amide bonds. The van der Waals surface area contributed by atoms with Crippen molar-refractivity contribution in [1.29, 1.82) is 0 Å². The van der Waals surface area contributed by atoms with Gasteiger partial charge in [0.2, 0.25) is 0 Å². The molecule has 0 aliphatic carbocycles. The van der Waals surface area contributed by atoms with E-state index in [0.29, 0.717) is 13.0 Å². The number of carbonyl (C=O) groups excluding carboxylic acids is 1. The van der Waals surface area contributed by atoms with E-state index in [1.807, 2.05) is 0 Å². The predicted octanol–water partition coefficient (Wildman–Crippen LogP) is 1.10. The molecule has 84 valence electrons. The zero-order valence-corrected chi connectivity index (χ0v) is 8.95. The normalized spacial score (nSPS) is 20.2. The molecule has 1 aliphatic heterocycles. The minimum atomic E-state index is -0.510. The Morgan fingerprint density at radius 2 is 2.40 bits per heavy atom. The van der Waals surface area contributed by atoms with Crippen molar-refractivity contribution in [1.82, 2.24) is 0 Å². The average molecular weight is 212 g/mol. The first-order valence-electron chi connectivity index (χ1n) is 5.13. The van der Waals surface area contributed by atoms with E-state index in [2.05, 4.69) is 16.6 Å². The highest BCUT2D eigenvalue weighted by molar-refractivity contribution is 5.88. The van der Waals surface area contributed by atoms with E-state index in [4.69, 9.17) is 9.47 Å². The van der Waals surface area contributed by atoms with Crippen molar-refractivity contribution in [2.45, 2.75) is 32.0 Å². The quantitative estimate of drug-likeness (QED) is 0.304. The Morgan fingerprint density at radius 3 is 3.07 bits per heavy atom. The first kappa shape index (κ1) is 12.0. The van der Waals surface area contributed by atoms with Gasteiger partial charge in [0.1, 0.15) is 0 Å². The number of ether oxygens (including phenoxy) is 3. The monoisotopic (exact) mass is 212 g/mol. The predicted molar refractivity (Wildman–Crippen MR) is 54.0 cm³/mol. The van der Waals surface area contributed by atoms with Crippen LogP contribution in [0.15, 0.2) is 0 Å². The fourth-order valence-corrected chi connectivity index (χ4v) is 1.27. The van der Waals surface area contributed by atoms with Gasteiger partial charge in [-0.25, -0.2) is 4.79 Å². The summed E-state index contributed by atoms with van der Waals surface area (Å²) >= 11 is 0. The number of esters is 1. The maximum Gasteiger partial charge on any atom is 0.384 e. The fourth-order valence-electron chi connectivity index (χ4n) is 1.27. The van der Waals surface area contributed by atoms with Gasteiger partial charge in [0.25, 0.3) is 0 Å². The topological polar surface area (TPSA) is 44.8 Å². The zero-order valence-electron chi connectivity index (χ0n) is 8.95. The van der Waals surface area contributed by atoms with Crippen LogP contribution in [0.25, 0.3) is 0 Å². The molecule has 1 unspecified atom stereocenters. The largest absolute Gasteiger partial charge is 0.459 e. The van der Waals surface area contributed by atoms with Gasteiger partial charge in [0.15, 0.2) is 6.29 Å². The molecule has 0 aromatic heterocycles. The number of hydrogen-bond donors (Lipinski definition) is 0. The summed E-state index contributed by atoms with van der Waals surface area (Å²) in [6.07, 6.45) is 3.65. The second-order valence-corrected chi connectivity index (χ2v) is 3.21. The van der Waals surface area contributed by atoms with Gasteiger partial charge in [-0.2, -0.15) is 0 Å². The highest BCUT2D eigenvalue weighted by atomic mass is 16.7. The Hall–Kier alpha value is -1.05. The summed E-state index contributed by atoms with van der Waals surface area (Å²) in [5.41, 5.74) is 0. The fraction of sp³-hybridized carbons (Fsp3) is 0.727. The Bertz CT molecular complexity index is 245. The Kier molecular flexibility index (Phi) is 5.83. The summed E-state index contributed by atoms with van der Waals surface area (Å²) < 4.78 is 15.2. The lowest BCUT2D eigenvalue weighted by Gasteiger charge is -2.22. The van der Waals surface area contributed by atoms with Gasteiger partial charge in [-0.1, -0.05) is 5.92 Å². The molecule has 0 spiro atoms. The maximum absolute atomic E-state index is 10.6. The molecule has 1 fully saturated rings. The smallest absolute Gasteiger partial charge is 0.384 e. The highest BCUT2D eigenvalue weighted by Gasteiger charge is 2.12. The van der Waals surface area contributed by atoms with Crippen LogP contribution in [0.5, 0.6) is 0 Å². The molecule has 0 radical (unpaired) electrons. The molecule has 1 heterocycles. The number of carbonyl (C=O) groups is 1. The van der Waals surface area contributed by atoms with Gasteiger partial charge in [-0.05, 0) is 19.3 Å². The molecular formula is C11H16O4. The Labute approximate surface area is 89.9 Å². The van der Waals surface area contributed by atoms with E-state index in [9.17, 15) is 4.79 Å². The zero-order chi connectivity index (χ0) is 10.9. The number of hydrogen-bond acceptors (Lipinski definition) is 4. The van der Waals surface area contributed by atoms with Crippen molar-refractivity contribution < 1.29 is 19.0 Å². The summed E-state index contributed by atoms with van der Waals surface area (Å²) in [5, 5.41) is 0. The third kappa shape index (κ3) is 5.40. The van der Waals surface area contributed by atoms with E-state index in [1.54, 1.807) is 0 Å². The van der Waals surface area contributed by atoms with Crippen molar-refractivity contribution >= 4 is 5.97 Å². The van der Waals surface area contributed by atoms with Gasteiger partial charge in [0.05, 0.1) is 13.7 Å². The van der Waals surface area contributed by atoms with Crippen molar-refractivity contribution in [2.24, 2.45) is 0 Å². The van der Waals surface area contributed by atoms with Crippen LogP contribution in [0.1, 0.15) is 25.7 Å². The summed E-state index contributed by atoms with van der Waals surface area (Å²) in [6.45, 7) is 1.27. The van der Waals surface area contributed by atoms with Gasteiger partial charge >= 0.3 is 5.97 Å². The van der Waals surface area contributed by atoms with Crippen LogP contribution in [0.3, 0.4) is 0 Å². The van der Waals surface area contributed by atoms with E-state index in [1.165, 1.54) is 7.11 Å². The minimum Gasteiger partial charge on any atom is -0.459 e. The van der Waals surface area contributed by atoms with Crippen molar-refractivity contribution in [3.8, 4) is 11.8 Å². The minimum absolute atomic E-state index is 0.0846. The molecule has 0 N–H and O–H groups in total. The third-order valence-corrected chi connectivity index (χ3v) is 2.04. The van der Waals surface area contributed by atoms with Gasteiger partial charge in [0, 0.05) is 18.9 Å². The van der Waals surface area contributed by atoms with Crippen LogP contribution in [0.4, 0.5) is 0 Å². The van der Waals surface area contributed by atoms with Gasteiger partial charge in [-0.3, -0.25) is 0 Å². The summed E-state index contributed by atoms with van der Waals surface area (Å²) in [4.78, 5) is 10.6. The molecular weight excluding hydrogens is 196 g/mol. The summed E-state index contributed by atoms with van der Waals surface area (Å²) in [6, 6.07) is 0. The van der Waals surface area contributed by atoms with E-state index < -0.39 is 5.97 Å². The highest BCUT2D eigenvalue weighted by Crippen LogP contribution is 2.13. The molecule has 0 saturated carbocycles. The van der Waals surface area contributed by atoms with Crippen molar-refractivity contribution in [3.63, 3.8) is 0 Å².